The molecular formula is C9H18N2. The fourth-order valence-corrected chi connectivity index (χ4v) is 1.07. The van der Waals surface area contributed by atoms with Crippen molar-refractivity contribution in [3.05, 3.63) is 12.7 Å². The molecule has 0 amide bonds. The van der Waals surface area contributed by atoms with Gasteiger partial charge < -0.3 is 5.43 Å². The van der Waals surface area contributed by atoms with E-state index in [9.17, 15) is 0 Å². The van der Waals surface area contributed by atoms with Crippen LogP contribution in [-0.2, 0) is 0 Å². The van der Waals surface area contributed by atoms with E-state index in [-0.39, 0.29) is 0 Å². The molecule has 0 spiro atoms. The zero-order chi connectivity index (χ0) is 8.53. The van der Waals surface area contributed by atoms with Crippen molar-refractivity contribution in [2.24, 2.45) is 5.10 Å². The summed E-state index contributed by atoms with van der Waals surface area (Å²) in [5.74, 6) is 0. The highest BCUT2D eigenvalue weighted by atomic mass is 15.3. The highest BCUT2D eigenvalue weighted by Gasteiger charge is 2.02. The second kappa shape index (κ2) is 7.32. The molecule has 1 atom stereocenters. The second-order valence-corrected chi connectivity index (χ2v) is 2.64. The van der Waals surface area contributed by atoms with Crippen LogP contribution in [0.25, 0.3) is 0 Å². The van der Waals surface area contributed by atoms with Crippen molar-refractivity contribution >= 4 is 6.72 Å². The van der Waals surface area contributed by atoms with Gasteiger partial charge in [-0.25, -0.2) is 0 Å². The van der Waals surface area contributed by atoms with Crippen LogP contribution in [0.1, 0.15) is 32.6 Å². The maximum absolute atomic E-state index is 3.68. The van der Waals surface area contributed by atoms with Crippen molar-refractivity contribution in [1.82, 2.24) is 5.43 Å². The van der Waals surface area contributed by atoms with E-state index >= 15 is 0 Å². The molecule has 0 fully saturated rings. The first-order chi connectivity index (χ1) is 5.35. The van der Waals surface area contributed by atoms with Gasteiger partial charge in [0.05, 0.1) is 0 Å². The average Bonchev–Trinajstić information content (AvgIpc) is 2.01. The monoisotopic (exact) mass is 154 g/mol. The van der Waals surface area contributed by atoms with Crippen LogP contribution in [-0.4, -0.2) is 12.8 Å². The highest BCUT2D eigenvalue weighted by Crippen LogP contribution is 2.04. The minimum atomic E-state index is 0.482. The van der Waals surface area contributed by atoms with E-state index in [0.717, 1.165) is 19.3 Å². The first kappa shape index (κ1) is 10.2. The Labute approximate surface area is 69.4 Å². The molecule has 11 heavy (non-hydrogen) atoms. The number of nitrogens with zero attached hydrogens (tertiary/aromatic N) is 1. The van der Waals surface area contributed by atoms with Crippen LogP contribution in [0.15, 0.2) is 17.8 Å². The average molecular weight is 154 g/mol. The van der Waals surface area contributed by atoms with E-state index < -0.39 is 0 Å². The predicted octanol–water partition coefficient (Wildman–Crippen LogP) is 2.33. The Balaban J connectivity index is 3.49. The maximum Gasteiger partial charge on any atom is 0.0442 e. The van der Waals surface area contributed by atoms with Crippen molar-refractivity contribution in [3.8, 4) is 0 Å². The lowest BCUT2D eigenvalue weighted by Gasteiger charge is -2.13. The molecule has 2 heteroatoms. The quantitative estimate of drug-likeness (QED) is 0.340. The summed E-state index contributed by atoms with van der Waals surface area (Å²) in [5.41, 5.74) is 2.98. The van der Waals surface area contributed by atoms with Crippen LogP contribution >= 0.6 is 0 Å². The lowest BCUT2D eigenvalue weighted by atomic mass is 10.1. The summed E-state index contributed by atoms with van der Waals surface area (Å²) in [6.45, 7) is 9.26. The van der Waals surface area contributed by atoms with Gasteiger partial charge in [0.2, 0.25) is 0 Å². The van der Waals surface area contributed by atoms with Gasteiger partial charge in [-0.3, -0.25) is 0 Å². The topological polar surface area (TPSA) is 24.4 Å². The Bertz CT molecular complexity index is 110. The molecule has 0 heterocycles. The fourth-order valence-electron chi connectivity index (χ4n) is 1.07. The van der Waals surface area contributed by atoms with Crippen LogP contribution < -0.4 is 5.43 Å². The summed E-state index contributed by atoms with van der Waals surface area (Å²) in [7, 11) is 0. The van der Waals surface area contributed by atoms with E-state index in [2.05, 4.69) is 30.7 Å². The lowest BCUT2D eigenvalue weighted by Crippen LogP contribution is -2.23. The van der Waals surface area contributed by atoms with Crippen LogP contribution in [0.5, 0.6) is 0 Å². The molecule has 0 aromatic heterocycles. The molecule has 0 saturated carbocycles. The first-order valence-electron chi connectivity index (χ1n) is 4.17. The van der Waals surface area contributed by atoms with E-state index in [4.69, 9.17) is 0 Å². The predicted molar refractivity (Wildman–Crippen MR) is 50.8 cm³/mol. The zero-order valence-electron chi connectivity index (χ0n) is 7.34. The summed E-state index contributed by atoms with van der Waals surface area (Å²) < 4.78 is 0. The standard InChI is InChI=1S/C9H18N2/c1-4-6-8-9(7-5-2)11-10-3/h4,9,11H,1,3,5-8H2,2H3. The minimum Gasteiger partial charge on any atom is -0.308 e. The highest BCUT2D eigenvalue weighted by molar-refractivity contribution is 5.22. The molecule has 64 valence electrons. The molecule has 1 unspecified atom stereocenters. The van der Waals surface area contributed by atoms with E-state index in [1.165, 1.54) is 6.42 Å². The van der Waals surface area contributed by atoms with Gasteiger partial charge >= 0.3 is 0 Å². The van der Waals surface area contributed by atoms with Gasteiger partial charge in [0.25, 0.3) is 0 Å². The third-order valence-corrected chi connectivity index (χ3v) is 1.63. The van der Waals surface area contributed by atoms with Crippen molar-refractivity contribution in [2.45, 2.75) is 38.6 Å². The number of hydrogen-bond donors (Lipinski definition) is 1. The van der Waals surface area contributed by atoms with E-state index in [0.29, 0.717) is 6.04 Å². The van der Waals surface area contributed by atoms with Gasteiger partial charge in [0.15, 0.2) is 0 Å². The third-order valence-electron chi connectivity index (χ3n) is 1.63. The molecule has 0 aliphatic rings. The molecule has 0 rings (SSSR count). The molecule has 0 radical (unpaired) electrons. The largest absolute Gasteiger partial charge is 0.308 e. The van der Waals surface area contributed by atoms with Crippen molar-refractivity contribution in [3.63, 3.8) is 0 Å². The summed E-state index contributed by atoms with van der Waals surface area (Å²) in [6.07, 6.45) is 6.44. The van der Waals surface area contributed by atoms with Gasteiger partial charge in [0.1, 0.15) is 0 Å². The number of hydrazone groups is 1. The molecule has 2 nitrogen and oxygen atoms in total. The number of rotatable bonds is 7. The Kier molecular flexibility index (Phi) is 6.79. The van der Waals surface area contributed by atoms with Gasteiger partial charge in [-0.1, -0.05) is 19.4 Å². The summed E-state index contributed by atoms with van der Waals surface area (Å²) in [4.78, 5) is 0. The molecule has 0 aliphatic heterocycles. The number of allylic oxidation sites excluding steroid dienone is 1. The van der Waals surface area contributed by atoms with Crippen LogP contribution in [0.2, 0.25) is 0 Å². The molecular weight excluding hydrogens is 136 g/mol. The Morgan fingerprint density at radius 1 is 1.55 bits per heavy atom. The van der Waals surface area contributed by atoms with Crippen LogP contribution in [0.4, 0.5) is 0 Å². The minimum absolute atomic E-state index is 0.482. The van der Waals surface area contributed by atoms with E-state index in [1.807, 2.05) is 6.08 Å². The SMILES string of the molecule is C=CCCC(CCC)NN=C. The Morgan fingerprint density at radius 3 is 2.73 bits per heavy atom. The third kappa shape index (κ3) is 5.64. The number of hydrogen-bond acceptors (Lipinski definition) is 2. The maximum atomic E-state index is 3.68. The van der Waals surface area contributed by atoms with Crippen molar-refractivity contribution in [2.75, 3.05) is 0 Å². The molecule has 0 saturated heterocycles. The van der Waals surface area contributed by atoms with Gasteiger partial charge in [-0.2, -0.15) is 5.10 Å². The van der Waals surface area contributed by atoms with E-state index in [1.54, 1.807) is 0 Å². The lowest BCUT2D eigenvalue weighted by molar-refractivity contribution is 0.466. The summed E-state index contributed by atoms with van der Waals surface area (Å²) >= 11 is 0. The molecule has 0 bridgehead atoms. The number of nitrogens with one attached hydrogen (secondary N) is 1. The fraction of sp³-hybridized carbons (Fsp3) is 0.667. The summed E-state index contributed by atoms with van der Waals surface area (Å²) in [6, 6.07) is 0.482. The first-order valence-corrected chi connectivity index (χ1v) is 4.17. The smallest absolute Gasteiger partial charge is 0.0442 e. The van der Waals surface area contributed by atoms with Gasteiger partial charge in [0, 0.05) is 12.8 Å². The second-order valence-electron chi connectivity index (χ2n) is 2.64. The molecule has 0 aromatic rings. The zero-order valence-corrected chi connectivity index (χ0v) is 7.34. The molecule has 0 aliphatic carbocycles. The van der Waals surface area contributed by atoms with Gasteiger partial charge in [-0.05, 0) is 19.3 Å². The summed E-state index contributed by atoms with van der Waals surface area (Å²) in [5, 5.41) is 3.67. The van der Waals surface area contributed by atoms with Crippen molar-refractivity contribution in [1.29, 1.82) is 0 Å². The van der Waals surface area contributed by atoms with Gasteiger partial charge in [-0.15, -0.1) is 6.58 Å². The Morgan fingerprint density at radius 2 is 2.27 bits per heavy atom. The molecule has 0 aromatic carbocycles. The molecule has 1 N–H and O–H groups in total. The normalized spacial score (nSPS) is 12.1. The van der Waals surface area contributed by atoms with Crippen molar-refractivity contribution < 1.29 is 0 Å². The Hall–Kier alpha value is -0.790. The van der Waals surface area contributed by atoms with Crippen LogP contribution in [0, 0.1) is 0 Å². The van der Waals surface area contributed by atoms with Crippen LogP contribution in [0.3, 0.4) is 0 Å².